The van der Waals surface area contributed by atoms with E-state index in [1.807, 2.05) is 0 Å². The number of rotatable bonds is 7. The molecule has 0 aliphatic carbocycles. The van der Waals surface area contributed by atoms with Crippen molar-refractivity contribution in [1.29, 1.82) is 0 Å². The summed E-state index contributed by atoms with van der Waals surface area (Å²) < 4.78 is 27.5. The van der Waals surface area contributed by atoms with Gasteiger partial charge in [-0.1, -0.05) is 12.7 Å². The molecular weight excluding hydrogens is 348 g/mol. The molecule has 3 aromatic rings. The van der Waals surface area contributed by atoms with Crippen molar-refractivity contribution in [3.63, 3.8) is 0 Å². The molecule has 0 amide bonds. The Morgan fingerprint density at radius 3 is 2.30 bits per heavy atom. The summed E-state index contributed by atoms with van der Waals surface area (Å²) in [6, 6.07) is 9.99. The van der Waals surface area contributed by atoms with Crippen LogP contribution in [-0.4, -0.2) is 27.9 Å². The van der Waals surface area contributed by atoms with Crippen LogP contribution in [0, 0.1) is 0 Å². The first-order valence-electron chi connectivity index (χ1n) is 8.23. The van der Waals surface area contributed by atoms with E-state index in [-0.39, 0.29) is 5.43 Å². The lowest BCUT2D eigenvalue weighted by Gasteiger charge is -2.14. The molecule has 140 valence electrons. The molecular formula is C21H20O6. The third-order valence-corrected chi connectivity index (χ3v) is 4.02. The second-order valence-electron chi connectivity index (χ2n) is 5.65. The summed E-state index contributed by atoms with van der Waals surface area (Å²) >= 11 is 0. The van der Waals surface area contributed by atoms with Crippen molar-refractivity contribution < 1.29 is 23.4 Å². The third kappa shape index (κ3) is 3.60. The van der Waals surface area contributed by atoms with E-state index in [4.69, 9.17) is 23.4 Å². The average molecular weight is 368 g/mol. The van der Waals surface area contributed by atoms with Gasteiger partial charge in [-0.15, -0.1) is 0 Å². The quantitative estimate of drug-likeness (QED) is 0.586. The Balaban J connectivity index is 2.12. The second kappa shape index (κ2) is 7.86. The molecule has 0 bridgehead atoms. The zero-order valence-electron chi connectivity index (χ0n) is 15.4. The first-order chi connectivity index (χ1) is 13.1. The van der Waals surface area contributed by atoms with Crippen molar-refractivity contribution in [3.8, 4) is 34.3 Å². The summed E-state index contributed by atoms with van der Waals surface area (Å²) in [6.07, 6.45) is 1.64. The van der Waals surface area contributed by atoms with Crippen LogP contribution in [0.25, 0.3) is 22.3 Å². The Morgan fingerprint density at radius 2 is 1.70 bits per heavy atom. The van der Waals surface area contributed by atoms with Gasteiger partial charge in [-0.25, -0.2) is 0 Å². The van der Waals surface area contributed by atoms with Crippen LogP contribution in [0.15, 0.2) is 58.3 Å². The van der Waals surface area contributed by atoms with E-state index in [2.05, 4.69) is 6.58 Å². The summed E-state index contributed by atoms with van der Waals surface area (Å²) in [5.41, 5.74) is 0.914. The van der Waals surface area contributed by atoms with Crippen LogP contribution < -0.4 is 24.4 Å². The van der Waals surface area contributed by atoms with E-state index >= 15 is 0 Å². The topological polar surface area (TPSA) is 67.1 Å². The molecule has 0 radical (unpaired) electrons. The molecule has 6 heteroatoms. The maximum absolute atomic E-state index is 12.6. The van der Waals surface area contributed by atoms with Crippen LogP contribution in [0.5, 0.6) is 23.0 Å². The number of hydrogen-bond donors (Lipinski definition) is 0. The van der Waals surface area contributed by atoms with Crippen LogP contribution in [0.3, 0.4) is 0 Å². The standard InChI is InChI=1S/C21H20O6/c1-5-8-26-14-6-7-17-15(11-14)16(22)12-18(27-17)13-9-19(23-2)21(25-4)20(10-13)24-3/h5-7,9-12H,1,8H2,2-4H3. The molecule has 2 aromatic carbocycles. The molecule has 6 nitrogen and oxygen atoms in total. The normalized spacial score (nSPS) is 10.5. The lowest BCUT2D eigenvalue weighted by atomic mass is 10.1. The molecule has 0 saturated carbocycles. The Labute approximate surface area is 156 Å². The minimum atomic E-state index is -0.177. The molecule has 0 fully saturated rings. The molecule has 0 unspecified atom stereocenters. The molecule has 0 atom stereocenters. The number of benzene rings is 2. The van der Waals surface area contributed by atoms with Crippen LogP contribution in [0.2, 0.25) is 0 Å². The highest BCUT2D eigenvalue weighted by atomic mass is 16.5. The van der Waals surface area contributed by atoms with Crippen molar-refractivity contribution in [2.75, 3.05) is 27.9 Å². The molecule has 1 heterocycles. The largest absolute Gasteiger partial charge is 0.493 e. The maximum Gasteiger partial charge on any atom is 0.203 e. The molecule has 3 rings (SSSR count). The van der Waals surface area contributed by atoms with Gasteiger partial charge in [0.05, 0.1) is 26.7 Å². The maximum atomic E-state index is 12.6. The lowest BCUT2D eigenvalue weighted by molar-refractivity contribution is 0.324. The fourth-order valence-electron chi connectivity index (χ4n) is 2.75. The highest BCUT2D eigenvalue weighted by Gasteiger charge is 2.16. The van der Waals surface area contributed by atoms with Crippen LogP contribution in [0.1, 0.15) is 0 Å². The third-order valence-electron chi connectivity index (χ3n) is 4.02. The number of ether oxygens (including phenoxy) is 4. The molecule has 0 spiro atoms. The van der Waals surface area contributed by atoms with Gasteiger partial charge in [0, 0.05) is 11.6 Å². The number of fused-ring (bicyclic) bond motifs is 1. The van der Waals surface area contributed by atoms with E-state index in [9.17, 15) is 4.79 Å². The predicted octanol–water partition coefficient (Wildman–Crippen LogP) is 4.05. The van der Waals surface area contributed by atoms with Gasteiger partial charge in [0.25, 0.3) is 0 Å². The summed E-state index contributed by atoms with van der Waals surface area (Å²) in [5.74, 6) is 2.39. The van der Waals surface area contributed by atoms with Crippen LogP contribution in [-0.2, 0) is 0 Å². The zero-order chi connectivity index (χ0) is 19.4. The molecule has 1 aromatic heterocycles. The molecule has 0 saturated heterocycles. The van der Waals surface area contributed by atoms with Crippen molar-refractivity contribution in [2.45, 2.75) is 0 Å². The van der Waals surface area contributed by atoms with Gasteiger partial charge < -0.3 is 23.4 Å². The van der Waals surface area contributed by atoms with Gasteiger partial charge in [-0.3, -0.25) is 4.79 Å². The summed E-state index contributed by atoms with van der Waals surface area (Å²) in [5, 5.41) is 0.438. The summed E-state index contributed by atoms with van der Waals surface area (Å²) in [7, 11) is 4.59. The molecule has 0 N–H and O–H groups in total. The van der Waals surface area contributed by atoms with Gasteiger partial charge in [0.2, 0.25) is 5.75 Å². The molecule has 0 aliphatic heterocycles. The van der Waals surface area contributed by atoms with Crippen molar-refractivity contribution >= 4 is 11.0 Å². The predicted molar refractivity (Wildman–Crippen MR) is 103 cm³/mol. The SMILES string of the molecule is C=CCOc1ccc2oc(-c3cc(OC)c(OC)c(OC)c3)cc(=O)c2c1. The monoisotopic (exact) mass is 368 g/mol. The van der Waals surface area contributed by atoms with Gasteiger partial charge in [-0.2, -0.15) is 0 Å². The van der Waals surface area contributed by atoms with Crippen molar-refractivity contribution in [1.82, 2.24) is 0 Å². The Morgan fingerprint density at radius 1 is 1.00 bits per heavy atom. The first kappa shape index (κ1) is 18.4. The fraction of sp³-hybridized carbons (Fsp3) is 0.190. The van der Waals surface area contributed by atoms with Crippen LogP contribution in [0.4, 0.5) is 0 Å². The minimum Gasteiger partial charge on any atom is -0.493 e. The number of hydrogen-bond acceptors (Lipinski definition) is 6. The Bertz CT molecular complexity index is 1010. The van der Waals surface area contributed by atoms with E-state index in [1.54, 1.807) is 36.4 Å². The fourth-order valence-corrected chi connectivity index (χ4v) is 2.75. The van der Waals surface area contributed by atoms with Gasteiger partial charge in [-0.05, 0) is 30.3 Å². The highest BCUT2D eigenvalue weighted by Crippen LogP contribution is 2.41. The number of methoxy groups -OCH3 is 3. The van der Waals surface area contributed by atoms with E-state index in [0.717, 1.165) is 0 Å². The molecule has 0 aliphatic rings. The van der Waals surface area contributed by atoms with Crippen molar-refractivity contribution in [3.05, 3.63) is 59.3 Å². The minimum absolute atomic E-state index is 0.177. The first-order valence-corrected chi connectivity index (χ1v) is 8.23. The summed E-state index contributed by atoms with van der Waals surface area (Å²) in [6.45, 7) is 3.97. The van der Waals surface area contributed by atoms with Gasteiger partial charge in [0.15, 0.2) is 16.9 Å². The van der Waals surface area contributed by atoms with E-state index < -0.39 is 0 Å². The van der Waals surface area contributed by atoms with Gasteiger partial charge in [0.1, 0.15) is 23.7 Å². The molecule has 27 heavy (non-hydrogen) atoms. The smallest absolute Gasteiger partial charge is 0.203 e. The summed E-state index contributed by atoms with van der Waals surface area (Å²) in [4.78, 5) is 12.6. The van der Waals surface area contributed by atoms with E-state index in [0.29, 0.717) is 51.9 Å². The Kier molecular flexibility index (Phi) is 5.35. The van der Waals surface area contributed by atoms with Gasteiger partial charge >= 0.3 is 0 Å². The highest BCUT2D eigenvalue weighted by molar-refractivity contribution is 5.80. The van der Waals surface area contributed by atoms with Crippen molar-refractivity contribution in [2.24, 2.45) is 0 Å². The van der Waals surface area contributed by atoms with Crippen LogP contribution >= 0.6 is 0 Å². The lowest BCUT2D eigenvalue weighted by Crippen LogP contribution is -2.02. The average Bonchev–Trinajstić information content (AvgIpc) is 2.71. The second-order valence-corrected chi connectivity index (χ2v) is 5.65. The Hall–Kier alpha value is -3.41. The zero-order valence-corrected chi connectivity index (χ0v) is 15.4. The van der Waals surface area contributed by atoms with E-state index in [1.165, 1.54) is 27.4 Å².